The summed E-state index contributed by atoms with van der Waals surface area (Å²) in [6.45, 7) is 2.84. The SMILES string of the molecule is C#CCN(Cc1cc(=O)n2[nH]cc(C(=O)OCC)c2n1)[C@H]1CCc2ccccc21. The number of hydrogen-bond acceptors (Lipinski definition) is 5. The van der Waals surface area contributed by atoms with E-state index in [0.29, 0.717) is 18.8 Å². The van der Waals surface area contributed by atoms with Gasteiger partial charge in [0.25, 0.3) is 5.56 Å². The Morgan fingerprint density at radius 1 is 1.45 bits per heavy atom. The Hall–Kier alpha value is -3.37. The van der Waals surface area contributed by atoms with Crippen molar-refractivity contribution in [1.82, 2.24) is 19.5 Å². The van der Waals surface area contributed by atoms with Crippen LogP contribution in [0.15, 0.2) is 41.3 Å². The number of carbonyl (C=O) groups is 1. The van der Waals surface area contributed by atoms with Crippen LogP contribution in [0.4, 0.5) is 0 Å². The molecular formula is C22H22N4O3. The third-order valence-electron chi connectivity index (χ3n) is 5.25. The molecule has 0 saturated carbocycles. The fourth-order valence-corrected chi connectivity index (χ4v) is 3.98. The maximum Gasteiger partial charge on any atom is 0.343 e. The number of nitrogens with zero attached hydrogens (tertiary/aromatic N) is 3. The molecule has 3 aromatic rings. The molecule has 0 spiro atoms. The molecule has 1 aliphatic carbocycles. The Labute approximate surface area is 168 Å². The number of rotatable bonds is 6. The number of H-pyrrole nitrogens is 1. The van der Waals surface area contributed by atoms with E-state index in [1.807, 2.05) is 12.1 Å². The molecule has 0 fully saturated rings. The van der Waals surface area contributed by atoms with Crippen LogP contribution in [-0.4, -0.2) is 38.6 Å². The molecule has 29 heavy (non-hydrogen) atoms. The third kappa shape index (κ3) is 3.55. The first-order valence-corrected chi connectivity index (χ1v) is 9.65. The first-order valence-electron chi connectivity index (χ1n) is 9.65. The van der Waals surface area contributed by atoms with Crippen LogP contribution in [0.3, 0.4) is 0 Å². The number of ether oxygens (including phenoxy) is 1. The van der Waals surface area contributed by atoms with Gasteiger partial charge in [-0.3, -0.25) is 14.8 Å². The molecule has 1 aliphatic rings. The summed E-state index contributed by atoms with van der Waals surface area (Å²) in [6.07, 6.45) is 9.04. The molecule has 0 amide bonds. The Kier molecular flexibility index (Phi) is 5.19. The molecule has 2 heterocycles. The van der Waals surface area contributed by atoms with E-state index in [1.165, 1.54) is 27.9 Å². The molecule has 2 aromatic heterocycles. The lowest BCUT2D eigenvalue weighted by atomic mass is 10.1. The van der Waals surface area contributed by atoms with Crippen molar-refractivity contribution in [3.8, 4) is 12.3 Å². The zero-order valence-electron chi connectivity index (χ0n) is 16.2. The second-order valence-corrected chi connectivity index (χ2v) is 7.01. The van der Waals surface area contributed by atoms with Gasteiger partial charge in [0.05, 0.1) is 18.8 Å². The van der Waals surface area contributed by atoms with Gasteiger partial charge in [-0.25, -0.2) is 14.3 Å². The number of aryl methyl sites for hydroxylation is 1. The molecule has 0 saturated heterocycles. The molecule has 1 N–H and O–H groups in total. The quantitative estimate of drug-likeness (QED) is 0.516. The van der Waals surface area contributed by atoms with Crippen molar-refractivity contribution >= 4 is 11.6 Å². The topological polar surface area (TPSA) is 79.7 Å². The highest BCUT2D eigenvalue weighted by Crippen LogP contribution is 2.36. The lowest BCUT2D eigenvalue weighted by Crippen LogP contribution is -2.29. The van der Waals surface area contributed by atoms with Crippen LogP contribution in [0.5, 0.6) is 0 Å². The summed E-state index contributed by atoms with van der Waals surface area (Å²) in [7, 11) is 0. The molecule has 0 bridgehead atoms. The van der Waals surface area contributed by atoms with Crippen LogP contribution in [0.25, 0.3) is 5.65 Å². The van der Waals surface area contributed by atoms with E-state index in [2.05, 4.69) is 33.0 Å². The van der Waals surface area contributed by atoms with Crippen LogP contribution in [0.2, 0.25) is 0 Å². The summed E-state index contributed by atoms with van der Waals surface area (Å²) in [5.74, 6) is 2.21. The van der Waals surface area contributed by atoms with Gasteiger partial charge in [-0.2, -0.15) is 0 Å². The highest BCUT2D eigenvalue weighted by Gasteiger charge is 2.28. The zero-order valence-corrected chi connectivity index (χ0v) is 16.2. The maximum atomic E-state index is 12.5. The number of nitrogens with one attached hydrogen (secondary N) is 1. The van der Waals surface area contributed by atoms with Crippen molar-refractivity contribution in [2.75, 3.05) is 13.2 Å². The zero-order chi connectivity index (χ0) is 20.4. The highest BCUT2D eigenvalue weighted by atomic mass is 16.5. The van der Waals surface area contributed by atoms with Crippen molar-refractivity contribution < 1.29 is 9.53 Å². The van der Waals surface area contributed by atoms with Gasteiger partial charge in [0.2, 0.25) is 0 Å². The van der Waals surface area contributed by atoms with Crippen LogP contribution in [-0.2, 0) is 17.7 Å². The molecule has 0 unspecified atom stereocenters. The Bertz CT molecular complexity index is 1150. The largest absolute Gasteiger partial charge is 0.462 e. The molecular weight excluding hydrogens is 368 g/mol. The summed E-state index contributed by atoms with van der Waals surface area (Å²) in [5.41, 5.74) is 3.39. The number of terminal acetylenes is 1. The molecule has 148 valence electrons. The lowest BCUT2D eigenvalue weighted by Gasteiger charge is -2.27. The Balaban J connectivity index is 1.68. The normalized spacial score (nSPS) is 15.4. The van der Waals surface area contributed by atoms with Gasteiger partial charge in [0, 0.05) is 24.8 Å². The van der Waals surface area contributed by atoms with E-state index in [4.69, 9.17) is 11.2 Å². The van der Waals surface area contributed by atoms with Crippen molar-refractivity contribution in [2.24, 2.45) is 0 Å². The summed E-state index contributed by atoms with van der Waals surface area (Å²) in [4.78, 5) is 31.4. The van der Waals surface area contributed by atoms with Crippen molar-refractivity contribution in [2.45, 2.75) is 32.4 Å². The molecule has 1 atom stereocenters. The van der Waals surface area contributed by atoms with Crippen LogP contribution < -0.4 is 5.56 Å². The molecule has 0 aliphatic heterocycles. The van der Waals surface area contributed by atoms with Crippen molar-refractivity contribution in [3.63, 3.8) is 0 Å². The second kappa shape index (κ2) is 7.94. The number of hydrogen-bond donors (Lipinski definition) is 1. The number of aromatic nitrogens is 3. The van der Waals surface area contributed by atoms with Gasteiger partial charge >= 0.3 is 5.97 Å². The minimum Gasteiger partial charge on any atom is -0.462 e. The van der Waals surface area contributed by atoms with Gasteiger partial charge in [-0.15, -0.1) is 6.42 Å². The van der Waals surface area contributed by atoms with Crippen LogP contribution in [0, 0.1) is 12.3 Å². The van der Waals surface area contributed by atoms with E-state index >= 15 is 0 Å². The third-order valence-corrected chi connectivity index (χ3v) is 5.25. The van der Waals surface area contributed by atoms with Crippen LogP contribution in [0.1, 0.15) is 46.6 Å². The van der Waals surface area contributed by atoms with Crippen molar-refractivity contribution in [3.05, 3.63) is 69.3 Å². The van der Waals surface area contributed by atoms with Gasteiger partial charge in [0.1, 0.15) is 5.56 Å². The minimum absolute atomic E-state index is 0.179. The number of fused-ring (bicyclic) bond motifs is 2. The monoisotopic (exact) mass is 390 g/mol. The fourth-order valence-electron chi connectivity index (χ4n) is 3.98. The predicted molar refractivity (Wildman–Crippen MR) is 109 cm³/mol. The first kappa shape index (κ1) is 19.0. The standard InChI is InChI=1S/C22H22N4O3/c1-3-11-25(19-10-9-15-7-5-6-8-17(15)19)14-16-12-20(27)26-21(24-16)18(13-23-26)22(28)29-4-2/h1,5-8,12-13,19,23H,4,9-11,14H2,2H3/t19-/m0/s1. The summed E-state index contributed by atoms with van der Waals surface area (Å²) < 4.78 is 6.31. The van der Waals surface area contributed by atoms with Crippen molar-refractivity contribution in [1.29, 1.82) is 0 Å². The van der Waals surface area contributed by atoms with Gasteiger partial charge in [0.15, 0.2) is 5.65 Å². The number of benzene rings is 1. The minimum atomic E-state index is -0.513. The van der Waals surface area contributed by atoms with Gasteiger partial charge in [-0.05, 0) is 30.9 Å². The second-order valence-electron chi connectivity index (χ2n) is 7.01. The number of aromatic amines is 1. The van der Waals surface area contributed by atoms with Gasteiger partial charge < -0.3 is 4.74 Å². The summed E-state index contributed by atoms with van der Waals surface area (Å²) >= 11 is 0. The van der Waals surface area contributed by atoms with E-state index in [-0.39, 0.29) is 29.4 Å². The number of esters is 1. The smallest absolute Gasteiger partial charge is 0.343 e. The number of carbonyl (C=O) groups excluding carboxylic acids is 1. The average molecular weight is 390 g/mol. The summed E-state index contributed by atoms with van der Waals surface area (Å²) in [5, 5.41) is 2.76. The average Bonchev–Trinajstić information content (AvgIpc) is 3.32. The highest BCUT2D eigenvalue weighted by molar-refractivity contribution is 5.95. The summed E-state index contributed by atoms with van der Waals surface area (Å²) in [6, 6.07) is 10.0. The molecule has 7 nitrogen and oxygen atoms in total. The molecule has 0 radical (unpaired) electrons. The van der Waals surface area contributed by atoms with E-state index in [9.17, 15) is 9.59 Å². The van der Waals surface area contributed by atoms with E-state index in [1.54, 1.807) is 6.92 Å². The molecule has 7 heteroatoms. The van der Waals surface area contributed by atoms with Crippen LogP contribution >= 0.6 is 0 Å². The Morgan fingerprint density at radius 2 is 2.28 bits per heavy atom. The lowest BCUT2D eigenvalue weighted by molar-refractivity contribution is 0.0528. The first-order chi connectivity index (χ1) is 14.1. The van der Waals surface area contributed by atoms with E-state index in [0.717, 1.165) is 12.8 Å². The molecule has 4 rings (SSSR count). The maximum absolute atomic E-state index is 12.5. The van der Waals surface area contributed by atoms with Gasteiger partial charge in [-0.1, -0.05) is 30.2 Å². The predicted octanol–water partition coefficient (Wildman–Crippen LogP) is 2.32. The fraction of sp³-hybridized carbons (Fsp3) is 0.318. The molecule has 1 aromatic carbocycles. The van der Waals surface area contributed by atoms with E-state index < -0.39 is 5.97 Å². The Morgan fingerprint density at radius 3 is 3.07 bits per heavy atom.